The first-order chi connectivity index (χ1) is 7.58. The number of rotatable bonds is 4. The lowest BCUT2D eigenvalue weighted by atomic mass is 9.70. The van der Waals surface area contributed by atoms with E-state index in [1.54, 1.807) is 18.2 Å². The van der Waals surface area contributed by atoms with E-state index in [9.17, 15) is 9.90 Å². The fourth-order valence-electron chi connectivity index (χ4n) is 3.09. The number of aliphatic carboxylic acids is 1. The van der Waals surface area contributed by atoms with E-state index in [0.717, 1.165) is 12.8 Å². The topological polar surface area (TPSA) is 37.3 Å². The molecule has 2 heteroatoms. The molecule has 86 valence electrons. The zero-order valence-corrected chi connectivity index (χ0v) is 9.60. The zero-order valence-electron chi connectivity index (χ0n) is 9.60. The molecule has 0 amide bonds. The lowest BCUT2D eigenvalue weighted by Crippen LogP contribution is -2.36. The molecule has 2 aliphatic rings. The van der Waals surface area contributed by atoms with Crippen LogP contribution in [0.25, 0.3) is 0 Å². The van der Waals surface area contributed by atoms with Crippen molar-refractivity contribution in [2.24, 2.45) is 23.2 Å². The predicted molar refractivity (Wildman–Crippen MR) is 63.9 cm³/mol. The molecule has 16 heavy (non-hydrogen) atoms. The second-order valence-corrected chi connectivity index (χ2v) is 5.07. The van der Waals surface area contributed by atoms with Gasteiger partial charge in [0.05, 0.1) is 5.41 Å². The van der Waals surface area contributed by atoms with Crippen LogP contribution in [0.1, 0.15) is 19.8 Å². The smallest absolute Gasteiger partial charge is 0.313 e. The van der Waals surface area contributed by atoms with E-state index in [2.05, 4.69) is 18.7 Å². The quantitative estimate of drug-likeness (QED) is 0.581. The summed E-state index contributed by atoms with van der Waals surface area (Å²) < 4.78 is 0. The van der Waals surface area contributed by atoms with Crippen molar-refractivity contribution in [3.8, 4) is 0 Å². The van der Waals surface area contributed by atoms with E-state index in [0.29, 0.717) is 11.8 Å². The Hall–Kier alpha value is -1.31. The van der Waals surface area contributed by atoms with Gasteiger partial charge in [-0.25, -0.2) is 0 Å². The molecule has 4 unspecified atom stereocenters. The molecular formula is C14H18O2. The van der Waals surface area contributed by atoms with Crippen LogP contribution in [0.4, 0.5) is 0 Å². The van der Waals surface area contributed by atoms with Crippen molar-refractivity contribution in [3.05, 3.63) is 37.0 Å². The van der Waals surface area contributed by atoms with Crippen molar-refractivity contribution in [1.82, 2.24) is 0 Å². The molecule has 1 fully saturated rings. The molecule has 0 spiro atoms. The third-order valence-corrected chi connectivity index (χ3v) is 4.09. The Kier molecular flexibility index (Phi) is 2.75. The second-order valence-electron chi connectivity index (χ2n) is 5.07. The van der Waals surface area contributed by atoms with E-state index in [4.69, 9.17) is 0 Å². The Labute approximate surface area is 96.4 Å². The fraction of sp³-hybridized carbons (Fsp3) is 0.500. The molecule has 0 heterocycles. The Morgan fingerprint density at radius 2 is 2.25 bits per heavy atom. The molecule has 2 aliphatic carbocycles. The van der Waals surface area contributed by atoms with Crippen LogP contribution in [-0.2, 0) is 4.79 Å². The first-order valence-electron chi connectivity index (χ1n) is 5.80. The molecule has 0 aliphatic heterocycles. The van der Waals surface area contributed by atoms with Gasteiger partial charge in [0, 0.05) is 0 Å². The lowest BCUT2D eigenvalue weighted by Gasteiger charge is -2.32. The summed E-state index contributed by atoms with van der Waals surface area (Å²) in [7, 11) is 0. The number of hydrogen-bond donors (Lipinski definition) is 1. The molecule has 2 bridgehead atoms. The zero-order chi connectivity index (χ0) is 11.8. The second kappa shape index (κ2) is 3.93. The van der Waals surface area contributed by atoms with Gasteiger partial charge in [0.1, 0.15) is 0 Å². The van der Waals surface area contributed by atoms with Crippen LogP contribution < -0.4 is 0 Å². The summed E-state index contributed by atoms with van der Waals surface area (Å²) in [5, 5.41) is 9.44. The summed E-state index contributed by atoms with van der Waals surface area (Å²) >= 11 is 0. The van der Waals surface area contributed by atoms with Gasteiger partial charge in [0.2, 0.25) is 0 Å². The highest BCUT2D eigenvalue weighted by atomic mass is 16.4. The van der Waals surface area contributed by atoms with E-state index in [1.165, 1.54) is 0 Å². The van der Waals surface area contributed by atoms with E-state index in [-0.39, 0.29) is 5.92 Å². The number of hydrogen-bond acceptors (Lipinski definition) is 1. The summed E-state index contributed by atoms with van der Waals surface area (Å²) in [4.78, 5) is 11.5. The summed E-state index contributed by atoms with van der Waals surface area (Å²) in [6.45, 7) is 5.43. The maximum atomic E-state index is 11.5. The number of carbonyl (C=O) groups is 1. The minimum atomic E-state index is -0.752. The molecule has 1 saturated carbocycles. The van der Waals surface area contributed by atoms with Crippen LogP contribution in [0.5, 0.6) is 0 Å². The third-order valence-electron chi connectivity index (χ3n) is 4.09. The summed E-state index contributed by atoms with van der Waals surface area (Å²) in [6, 6.07) is 0. The maximum Gasteiger partial charge on any atom is 0.313 e. The molecule has 0 saturated heterocycles. The van der Waals surface area contributed by atoms with Gasteiger partial charge in [0.25, 0.3) is 0 Å². The summed E-state index contributed by atoms with van der Waals surface area (Å²) in [5.74, 6) is 0.555. The van der Waals surface area contributed by atoms with Gasteiger partial charge in [-0.15, -0.1) is 0 Å². The average molecular weight is 218 g/mol. The molecule has 2 nitrogen and oxygen atoms in total. The summed E-state index contributed by atoms with van der Waals surface area (Å²) in [6.07, 6.45) is 11.8. The Morgan fingerprint density at radius 1 is 1.50 bits per heavy atom. The van der Waals surface area contributed by atoms with Crippen LogP contribution >= 0.6 is 0 Å². The molecular weight excluding hydrogens is 200 g/mol. The van der Waals surface area contributed by atoms with E-state index >= 15 is 0 Å². The van der Waals surface area contributed by atoms with Crippen LogP contribution in [0.2, 0.25) is 0 Å². The Balaban J connectivity index is 2.26. The van der Waals surface area contributed by atoms with Crippen molar-refractivity contribution in [1.29, 1.82) is 0 Å². The maximum absolute atomic E-state index is 11.5. The van der Waals surface area contributed by atoms with Gasteiger partial charge in [-0.05, 0) is 37.5 Å². The van der Waals surface area contributed by atoms with Gasteiger partial charge in [0.15, 0.2) is 0 Å². The van der Waals surface area contributed by atoms with Crippen LogP contribution in [0, 0.1) is 23.2 Å². The molecule has 4 atom stereocenters. The number of allylic oxidation sites excluding steroid dienone is 4. The minimum Gasteiger partial charge on any atom is -0.481 e. The van der Waals surface area contributed by atoms with Crippen molar-refractivity contribution < 1.29 is 9.90 Å². The van der Waals surface area contributed by atoms with Crippen molar-refractivity contribution in [3.63, 3.8) is 0 Å². The number of carboxylic acid groups (broad SMARTS) is 1. The largest absolute Gasteiger partial charge is 0.481 e. The minimum absolute atomic E-state index is 0.233. The Bertz CT molecular complexity index is 367. The van der Waals surface area contributed by atoms with Crippen molar-refractivity contribution in [2.75, 3.05) is 0 Å². The first kappa shape index (κ1) is 11.2. The fourth-order valence-corrected chi connectivity index (χ4v) is 3.09. The molecule has 0 aromatic rings. The van der Waals surface area contributed by atoms with Gasteiger partial charge in [-0.2, -0.15) is 0 Å². The molecule has 1 N–H and O–H groups in total. The van der Waals surface area contributed by atoms with Gasteiger partial charge < -0.3 is 5.11 Å². The van der Waals surface area contributed by atoms with E-state index in [1.807, 2.05) is 6.92 Å². The third kappa shape index (κ3) is 1.62. The number of carboxylic acids is 1. The molecule has 2 rings (SSSR count). The predicted octanol–water partition coefficient (Wildman–Crippen LogP) is 3.03. The van der Waals surface area contributed by atoms with Crippen molar-refractivity contribution >= 4 is 5.97 Å². The Morgan fingerprint density at radius 3 is 2.69 bits per heavy atom. The van der Waals surface area contributed by atoms with Gasteiger partial charge in [-0.1, -0.05) is 37.0 Å². The SMILES string of the molecule is C=CC=CC(C)(C(=O)O)C1CC2C=CC1C2. The monoisotopic (exact) mass is 218 g/mol. The first-order valence-corrected chi connectivity index (χ1v) is 5.80. The highest BCUT2D eigenvalue weighted by Crippen LogP contribution is 2.51. The standard InChI is InChI=1S/C14H18O2/c1-3-4-7-14(2,13(15)16)12-9-10-5-6-11(12)8-10/h3-7,10-12H,1,8-9H2,2H3,(H,15,16). The number of fused-ring (bicyclic) bond motifs is 2. The molecule has 0 aromatic heterocycles. The lowest BCUT2D eigenvalue weighted by molar-refractivity contribution is -0.148. The summed E-state index contributed by atoms with van der Waals surface area (Å²) in [5.41, 5.74) is -0.752. The highest BCUT2D eigenvalue weighted by molar-refractivity contribution is 5.77. The average Bonchev–Trinajstić information content (AvgIpc) is 2.87. The molecule has 0 radical (unpaired) electrons. The van der Waals surface area contributed by atoms with Gasteiger partial charge in [-0.3, -0.25) is 4.79 Å². The van der Waals surface area contributed by atoms with Gasteiger partial charge >= 0.3 is 5.97 Å². The highest BCUT2D eigenvalue weighted by Gasteiger charge is 2.48. The van der Waals surface area contributed by atoms with Crippen LogP contribution in [-0.4, -0.2) is 11.1 Å². The van der Waals surface area contributed by atoms with E-state index < -0.39 is 11.4 Å². The van der Waals surface area contributed by atoms with Crippen molar-refractivity contribution in [2.45, 2.75) is 19.8 Å². The van der Waals surface area contributed by atoms with Crippen LogP contribution in [0.15, 0.2) is 37.0 Å². The molecule has 0 aromatic carbocycles. The normalized spacial score (nSPS) is 35.4. The van der Waals surface area contributed by atoms with Crippen LogP contribution in [0.3, 0.4) is 0 Å².